The fraction of sp³-hybridized carbons (Fsp3) is 0.462. The molecule has 0 spiro atoms. The number of rotatable bonds is 3. The summed E-state index contributed by atoms with van der Waals surface area (Å²) in [4.78, 5) is 13.0. The summed E-state index contributed by atoms with van der Waals surface area (Å²) in [5.74, 6) is 1.83. The third-order valence-corrected chi connectivity index (χ3v) is 3.36. The van der Waals surface area contributed by atoms with E-state index in [-0.39, 0.29) is 5.95 Å². The molecule has 2 aromatic rings. The van der Waals surface area contributed by atoms with Crippen molar-refractivity contribution in [3.05, 3.63) is 23.8 Å². The number of nitrogen functional groups attached to an aromatic ring is 1. The van der Waals surface area contributed by atoms with Crippen molar-refractivity contribution in [2.75, 3.05) is 17.6 Å². The molecule has 0 fully saturated rings. The molecule has 6 nitrogen and oxygen atoms in total. The Morgan fingerprint density at radius 2 is 2.16 bits per heavy atom. The summed E-state index contributed by atoms with van der Waals surface area (Å²) < 4.78 is 2.04. The average Bonchev–Trinajstić information content (AvgIpc) is 2.82. The third kappa shape index (κ3) is 2.25. The fourth-order valence-corrected chi connectivity index (χ4v) is 2.51. The normalized spacial score (nSPS) is 14.2. The van der Waals surface area contributed by atoms with Crippen molar-refractivity contribution in [2.45, 2.75) is 32.6 Å². The first kappa shape index (κ1) is 12.0. The predicted octanol–water partition coefficient (Wildman–Crippen LogP) is 1.56. The molecular weight excluding hydrogens is 240 g/mol. The number of aromatic nitrogens is 4. The van der Waals surface area contributed by atoms with Gasteiger partial charge in [0.15, 0.2) is 0 Å². The summed E-state index contributed by atoms with van der Waals surface area (Å²) >= 11 is 0. The van der Waals surface area contributed by atoms with Gasteiger partial charge in [-0.3, -0.25) is 4.57 Å². The number of nitrogens with zero attached hydrogens (tertiary/aromatic N) is 4. The lowest BCUT2D eigenvalue weighted by atomic mass is 10.0. The second kappa shape index (κ2) is 4.87. The molecule has 2 heterocycles. The van der Waals surface area contributed by atoms with E-state index in [4.69, 9.17) is 5.73 Å². The van der Waals surface area contributed by atoms with Gasteiger partial charge in [-0.1, -0.05) is 0 Å². The Bertz CT molecular complexity index is 589. The maximum absolute atomic E-state index is 5.78. The summed E-state index contributed by atoms with van der Waals surface area (Å²) in [6.07, 6.45) is 6.38. The molecule has 2 aromatic heterocycles. The van der Waals surface area contributed by atoms with E-state index in [0.29, 0.717) is 0 Å². The lowest BCUT2D eigenvalue weighted by Crippen LogP contribution is -2.10. The van der Waals surface area contributed by atoms with Gasteiger partial charge < -0.3 is 11.1 Å². The van der Waals surface area contributed by atoms with E-state index in [9.17, 15) is 0 Å². The van der Waals surface area contributed by atoms with Crippen LogP contribution in [-0.2, 0) is 12.8 Å². The zero-order chi connectivity index (χ0) is 13.2. The fourth-order valence-electron chi connectivity index (χ4n) is 2.51. The van der Waals surface area contributed by atoms with Crippen LogP contribution in [0.5, 0.6) is 0 Å². The Balaban J connectivity index is 2.04. The number of aryl methyl sites for hydroxylation is 1. The summed E-state index contributed by atoms with van der Waals surface area (Å²) in [6.45, 7) is 2.83. The number of anilines is 2. The average molecular weight is 258 g/mol. The SMILES string of the molecule is CCNc1cc(-n2cnc3c2CCCC3)nc(N)n1. The predicted molar refractivity (Wildman–Crippen MR) is 74.4 cm³/mol. The smallest absolute Gasteiger partial charge is 0.223 e. The maximum Gasteiger partial charge on any atom is 0.223 e. The monoisotopic (exact) mass is 258 g/mol. The van der Waals surface area contributed by atoms with E-state index in [1.165, 1.54) is 24.2 Å². The Morgan fingerprint density at radius 3 is 3.00 bits per heavy atom. The van der Waals surface area contributed by atoms with Crippen LogP contribution in [0.1, 0.15) is 31.2 Å². The van der Waals surface area contributed by atoms with E-state index in [0.717, 1.165) is 31.0 Å². The van der Waals surface area contributed by atoms with E-state index >= 15 is 0 Å². The molecular formula is C13H18N6. The highest BCUT2D eigenvalue weighted by molar-refractivity contribution is 5.46. The van der Waals surface area contributed by atoms with Crippen LogP contribution in [-0.4, -0.2) is 26.1 Å². The van der Waals surface area contributed by atoms with Gasteiger partial charge in [-0.25, -0.2) is 4.98 Å². The van der Waals surface area contributed by atoms with Crippen molar-refractivity contribution in [1.82, 2.24) is 19.5 Å². The van der Waals surface area contributed by atoms with Gasteiger partial charge in [0.1, 0.15) is 18.0 Å². The van der Waals surface area contributed by atoms with Crippen LogP contribution < -0.4 is 11.1 Å². The van der Waals surface area contributed by atoms with Gasteiger partial charge in [0.05, 0.1) is 5.69 Å². The van der Waals surface area contributed by atoms with Gasteiger partial charge in [0, 0.05) is 18.3 Å². The molecule has 0 saturated heterocycles. The minimum absolute atomic E-state index is 0.284. The van der Waals surface area contributed by atoms with Crippen molar-refractivity contribution in [2.24, 2.45) is 0 Å². The number of fused-ring (bicyclic) bond motifs is 1. The molecule has 1 aliphatic carbocycles. The van der Waals surface area contributed by atoms with E-state index < -0.39 is 0 Å². The Kier molecular flexibility index (Phi) is 3.06. The van der Waals surface area contributed by atoms with Crippen LogP contribution in [0, 0.1) is 0 Å². The number of nitrogens with one attached hydrogen (secondary N) is 1. The Hall–Kier alpha value is -2.11. The van der Waals surface area contributed by atoms with E-state index in [1.807, 2.05) is 23.9 Å². The molecule has 0 aliphatic heterocycles. The van der Waals surface area contributed by atoms with Gasteiger partial charge in [0.25, 0.3) is 0 Å². The van der Waals surface area contributed by atoms with Crippen molar-refractivity contribution in [1.29, 1.82) is 0 Å². The van der Waals surface area contributed by atoms with Crippen LogP contribution in [0.4, 0.5) is 11.8 Å². The summed E-state index contributed by atoms with van der Waals surface area (Å²) in [6, 6.07) is 1.91. The van der Waals surface area contributed by atoms with Crippen molar-refractivity contribution in [3.63, 3.8) is 0 Å². The second-order valence-electron chi connectivity index (χ2n) is 4.71. The lowest BCUT2D eigenvalue weighted by Gasteiger charge is -2.14. The second-order valence-corrected chi connectivity index (χ2v) is 4.71. The lowest BCUT2D eigenvalue weighted by molar-refractivity contribution is 0.654. The first-order valence-corrected chi connectivity index (χ1v) is 6.72. The summed E-state index contributed by atoms with van der Waals surface area (Å²) in [5, 5.41) is 3.17. The van der Waals surface area contributed by atoms with Crippen molar-refractivity contribution in [3.8, 4) is 5.82 Å². The van der Waals surface area contributed by atoms with Crippen LogP contribution in [0.25, 0.3) is 5.82 Å². The van der Waals surface area contributed by atoms with E-state index in [2.05, 4.69) is 20.3 Å². The zero-order valence-electron chi connectivity index (χ0n) is 11.1. The first-order chi connectivity index (χ1) is 9.28. The zero-order valence-corrected chi connectivity index (χ0v) is 11.1. The van der Waals surface area contributed by atoms with Gasteiger partial charge in [-0.2, -0.15) is 9.97 Å². The van der Waals surface area contributed by atoms with Gasteiger partial charge in [0.2, 0.25) is 5.95 Å². The first-order valence-electron chi connectivity index (χ1n) is 6.72. The van der Waals surface area contributed by atoms with Crippen molar-refractivity contribution >= 4 is 11.8 Å². The van der Waals surface area contributed by atoms with Gasteiger partial charge in [-0.15, -0.1) is 0 Å². The standard InChI is InChI=1S/C13H18N6/c1-2-15-11-7-12(18-13(14)17-11)19-8-16-9-5-3-4-6-10(9)19/h7-8H,2-6H2,1H3,(H3,14,15,17,18). The Labute approximate surface area is 112 Å². The number of hydrogen-bond acceptors (Lipinski definition) is 5. The van der Waals surface area contributed by atoms with E-state index in [1.54, 1.807) is 0 Å². The van der Waals surface area contributed by atoms with Crippen LogP contribution in [0.15, 0.2) is 12.4 Å². The summed E-state index contributed by atoms with van der Waals surface area (Å²) in [5.41, 5.74) is 8.22. The van der Waals surface area contributed by atoms with Crippen molar-refractivity contribution < 1.29 is 0 Å². The molecule has 0 amide bonds. The van der Waals surface area contributed by atoms with Crippen LogP contribution in [0.2, 0.25) is 0 Å². The highest BCUT2D eigenvalue weighted by Gasteiger charge is 2.17. The molecule has 19 heavy (non-hydrogen) atoms. The molecule has 0 bridgehead atoms. The highest BCUT2D eigenvalue weighted by Crippen LogP contribution is 2.23. The van der Waals surface area contributed by atoms with Crippen LogP contribution >= 0.6 is 0 Å². The van der Waals surface area contributed by atoms with Gasteiger partial charge >= 0.3 is 0 Å². The molecule has 3 rings (SSSR count). The molecule has 6 heteroatoms. The quantitative estimate of drug-likeness (QED) is 0.873. The molecule has 0 saturated carbocycles. The summed E-state index contributed by atoms with van der Waals surface area (Å²) in [7, 11) is 0. The number of hydrogen-bond donors (Lipinski definition) is 2. The Morgan fingerprint density at radius 1 is 1.32 bits per heavy atom. The third-order valence-electron chi connectivity index (χ3n) is 3.36. The molecule has 0 aromatic carbocycles. The largest absolute Gasteiger partial charge is 0.370 e. The maximum atomic E-state index is 5.78. The topological polar surface area (TPSA) is 81.7 Å². The number of imidazole rings is 1. The van der Waals surface area contributed by atoms with Crippen LogP contribution in [0.3, 0.4) is 0 Å². The van der Waals surface area contributed by atoms with Gasteiger partial charge in [-0.05, 0) is 32.6 Å². The molecule has 0 atom stereocenters. The molecule has 0 unspecified atom stereocenters. The molecule has 100 valence electrons. The molecule has 3 N–H and O–H groups in total. The minimum Gasteiger partial charge on any atom is -0.370 e. The molecule has 0 radical (unpaired) electrons. The number of nitrogens with two attached hydrogens (primary N) is 1. The molecule has 1 aliphatic rings. The highest BCUT2D eigenvalue weighted by atomic mass is 15.2. The minimum atomic E-state index is 0.284.